The maximum absolute atomic E-state index is 3.99. The summed E-state index contributed by atoms with van der Waals surface area (Å²) in [5.41, 5.74) is 3.95. The predicted molar refractivity (Wildman–Crippen MR) is 54.9 cm³/mol. The van der Waals surface area contributed by atoms with Crippen LogP contribution >= 0.6 is 11.3 Å². The van der Waals surface area contributed by atoms with Gasteiger partial charge in [0, 0.05) is 18.3 Å². The zero-order valence-corrected chi connectivity index (χ0v) is 8.01. The average molecular weight is 191 g/mol. The van der Waals surface area contributed by atoms with Crippen LogP contribution < -0.4 is 5.32 Å². The molecule has 2 rings (SSSR count). The van der Waals surface area contributed by atoms with E-state index in [1.54, 1.807) is 16.8 Å². The lowest BCUT2D eigenvalue weighted by Gasteiger charge is -1.99. The van der Waals surface area contributed by atoms with Crippen molar-refractivity contribution in [1.29, 1.82) is 0 Å². The Hall–Kier alpha value is -1.42. The zero-order chi connectivity index (χ0) is 9.10. The van der Waals surface area contributed by atoms with E-state index in [2.05, 4.69) is 15.5 Å². The molecule has 0 spiro atoms. The normalized spacial score (nSPS) is 9.92. The van der Waals surface area contributed by atoms with Gasteiger partial charge in [0.25, 0.3) is 0 Å². The number of nitrogens with zero attached hydrogens (tertiary/aromatic N) is 2. The summed E-state index contributed by atoms with van der Waals surface area (Å²) in [7, 11) is 1.90. The lowest BCUT2D eigenvalue weighted by molar-refractivity contribution is 1.10. The molecule has 1 aromatic carbocycles. The summed E-state index contributed by atoms with van der Waals surface area (Å²) in [6.07, 6.45) is 0. The molecule has 0 saturated carbocycles. The molecule has 4 heteroatoms. The van der Waals surface area contributed by atoms with Crippen LogP contribution in [0.15, 0.2) is 29.8 Å². The van der Waals surface area contributed by atoms with Crippen molar-refractivity contribution in [1.82, 2.24) is 10.2 Å². The van der Waals surface area contributed by atoms with Crippen molar-refractivity contribution in [3.63, 3.8) is 0 Å². The fraction of sp³-hybridized carbons (Fsp3) is 0.111. The molecule has 0 amide bonds. The second-order valence-corrected chi connectivity index (χ2v) is 3.40. The predicted octanol–water partition coefficient (Wildman–Crippen LogP) is 2.25. The smallest absolute Gasteiger partial charge is 0.147 e. The van der Waals surface area contributed by atoms with Gasteiger partial charge in [0.1, 0.15) is 10.5 Å². The van der Waals surface area contributed by atoms with E-state index >= 15 is 0 Å². The number of anilines is 1. The van der Waals surface area contributed by atoms with Crippen molar-refractivity contribution in [2.45, 2.75) is 0 Å². The standard InChI is InChI=1S/C9H9N3S/c1-10-8-4-2-7(3-5-8)9-12-11-6-13-9/h2-6,10H,1H3. The van der Waals surface area contributed by atoms with Crippen molar-refractivity contribution in [3.05, 3.63) is 29.8 Å². The molecule has 0 aliphatic rings. The molecule has 1 N–H and O–H groups in total. The number of aromatic nitrogens is 2. The molecule has 1 aromatic heterocycles. The van der Waals surface area contributed by atoms with Crippen LogP contribution in [0.25, 0.3) is 10.6 Å². The van der Waals surface area contributed by atoms with Crippen LogP contribution in [-0.2, 0) is 0 Å². The van der Waals surface area contributed by atoms with Gasteiger partial charge in [0.2, 0.25) is 0 Å². The van der Waals surface area contributed by atoms with E-state index in [4.69, 9.17) is 0 Å². The van der Waals surface area contributed by atoms with Crippen LogP contribution in [0.2, 0.25) is 0 Å². The molecule has 0 saturated heterocycles. The maximum Gasteiger partial charge on any atom is 0.147 e. The number of benzene rings is 1. The largest absolute Gasteiger partial charge is 0.388 e. The second-order valence-electron chi connectivity index (χ2n) is 2.57. The fourth-order valence-electron chi connectivity index (χ4n) is 1.08. The third-order valence-electron chi connectivity index (χ3n) is 1.78. The van der Waals surface area contributed by atoms with Gasteiger partial charge in [-0.1, -0.05) is 11.3 Å². The highest BCUT2D eigenvalue weighted by atomic mass is 32.1. The van der Waals surface area contributed by atoms with Crippen LogP contribution in [-0.4, -0.2) is 17.2 Å². The Morgan fingerprint density at radius 3 is 2.54 bits per heavy atom. The van der Waals surface area contributed by atoms with Gasteiger partial charge < -0.3 is 5.32 Å². The number of nitrogens with one attached hydrogen (secondary N) is 1. The van der Waals surface area contributed by atoms with Gasteiger partial charge in [0.15, 0.2) is 0 Å². The van der Waals surface area contributed by atoms with Crippen molar-refractivity contribution in [3.8, 4) is 10.6 Å². The van der Waals surface area contributed by atoms with Gasteiger partial charge in [-0.25, -0.2) is 0 Å². The molecule has 3 nitrogen and oxygen atoms in total. The Kier molecular flexibility index (Phi) is 2.23. The minimum absolute atomic E-state index is 0.961. The van der Waals surface area contributed by atoms with Gasteiger partial charge in [-0.2, -0.15) is 0 Å². The van der Waals surface area contributed by atoms with Gasteiger partial charge in [-0.3, -0.25) is 0 Å². The monoisotopic (exact) mass is 191 g/mol. The molecule has 2 aromatic rings. The lowest BCUT2D eigenvalue weighted by atomic mass is 10.2. The molecule has 0 atom stereocenters. The van der Waals surface area contributed by atoms with Crippen LogP contribution in [0, 0.1) is 0 Å². The van der Waals surface area contributed by atoms with E-state index in [1.165, 1.54) is 0 Å². The van der Waals surface area contributed by atoms with E-state index < -0.39 is 0 Å². The summed E-state index contributed by atoms with van der Waals surface area (Å²) in [6.45, 7) is 0. The Labute approximate surface area is 80.5 Å². The molecule has 13 heavy (non-hydrogen) atoms. The number of hydrogen-bond acceptors (Lipinski definition) is 4. The van der Waals surface area contributed by atoms with Gasteiger partial charge in [-0.05, 0) is 24.3 Å². The number of hydrogen-bond donors (Lipinski definition) is 1. The Morgan fingerprint density at radius 2 is 2.00 bits per heavy atom. The summed E-state index contributed by atoms with van der Waals surface area (Å²) in [4.78, 5) is 0. The van der Waals surface area contributed by atoms with Gasteiger partial charge in [0.05, 0.1) is 0 Å². The third kappa shape index (κ3) is 1.67. The molecule has 0 aliphatic carbocycles. The molecule has 0 unspecified atom stereocenters. The molecule has 0 aliphatic heterocycles. The van der Waals surface area contributed by atoms with E-state index in [-0.39, 0.29) is 0 Å². The summed E-state index contributed by atoms with van der Waals surface area (Å²) in [5, 5.41) is 11.8. The van der Waals surface area contributed by atoms with E-state index in [9.17, 15) is 0 Å². The lowest BCUT2D eigenvalue weighted by Crippen LogP contribution is -1.86. The SMILES string of the molecule is CNc1ccc(-c2nncs2)cc1. The molecular weight excluding hydrogens is 182 g/mol. The average Bonchev–Trinajstić information content (AvgIpc) is 2.71. The Bertz CT molecular complexity index is 366. The molecule has 0 radical (unpaired) electrons. The zero-order valence-electron chi connectivity index (χ0n) is 7.19. The van der Waals surface area contributed by atoms with Crippen molar-refractivity contribution >= 4 is 17.0 Å². The second kappa shape index (κ2) is 3.53. The highest BCUT2D eigenvalue weighted by Gasteiger charge is 1.99. The van der Waals surface area contributed by atoms with Crippen molar-refractivity contribution < 1.29 is 0 Å². The summed E-state index contributed by atoms with van der Waals surface area (Å²) < 4.78 is 0. The van der Waals surface area contributed by atoms with Crippen LogP contribution in [0.5, 0.6) is 0 Å². The summed E-state index contributed by atoms with van der Waals surface area (Å²) >= 11 is 1.55. The van der Waals surface area contributed by atoms with Gasteiger partial charge in [-0.15, -0.1) is 10.2 Å². The molecular formula is C9H9N3S. The highest BCUT2D eigenvalue weighted by Crippen LogP contribution is 2.21. The fourth-order valence-corrected chi connectivity index (χ4v) is 1.64. The first-order valence-corrected chi connectivity index (χ1v) is 4.82. The highest BCUT2D eigenvalue weighted by molar-refractivity contribution is 7.12. The Balaban J connectivity index is 2.33. The minimum Gasteiger partial charge on any atom is -0.388 e. The van der Waals surface area contributed by atoms with Crippen LogP contribution in [0.4, 0.5) is 5.69 Å². The van der Waals surface area contributed by atoms with E-state index in [0.717, 1.165) is 16.3 Å². The third-order valence-corrected chi connectivity index (χ3v) is 2.52. The summed E-state index contributed by atoms with van der Waals surface area (Å²) in [6, 6.07) is 8.12. The van der Waals surface area contributed by atoms with Crippen molar-refractivity contribution in [2.24, 2.45) is 0 Å². The Morgan fingerprint density at radius 1 is 1.23 bits per heavy atom. The topological polar surface area (TPSA) is 37.8 Å². The van der Waals surface area contributed by atoms with Crippen LogP contribution in [0.1, 0.15) is 0 Å². The minimum atomic E-state index is 0.961. The van der Waals surface area contributed by atoms with E-state index in [0.29, 0.717) is 0 Å². The number of rotatable bonds is 2. The first-order valence-electron chi connectivity index (χ1n) is 3.94. The van der Waals surface area contributed by atoms with E-state index in [1.807, 2.05) is 31.3 Å². The molecule has 1 heterocycles. The first kappa shape index (κ1) is 8.19. The molecule has 0 fully saturated rings. The first-order chi connectivity index (χ1) is 6.40. The maximum atomic E-state index is 3.99. The van der Waals surface area contributed by atoms with Gasteiger partial charge >= 0.3 is 0 Å². The van der Waals surface area contributed by atoms with Crippen molar-refractivity contribution in [2.75, 3.05) is 12.4 Å². The quantitative estimate of drug-likeness (QED) is 0.791. The summed E-state index contributed by atoms with van der Waals surface area (Å²) in [5.74, 6) is 0. The molecule has 66 valence electrons. The van der Waals surface area contributed by atoms with Crippen LogP contribution in [0.3, 0.4) is 0 Å². The molecule has 0 bridgehead atoms.